The van der Waals surface area contributed by atoms with E-state index in [2.05, 4.69) is 9.97 Å². The van der Waals surface area contributed by atoms with Crippen LogP contribution in [0.5, 0.6) is 0 Å². The van der Waals surface area contributed by atoms with Gasteiger partial charge in [0.05, 0.1) is 22.8 Å². The molecule has 0 bridgehead atoms. The third-order valence-corrected chi connectivity index (χ3v) is 5.72. The van der Waals surface area contributed by atoms with Crippen molar-refractivity contribution in [2.45, 2.75) is 25.7 Å². The molecule has 1 aromatic heterocycles. The molecule has 2 N–H and O–H groups in total. The van der Waals surface area contributed by atoms with Gasteiger partial charge >= 0.3 is 5.97 Å². The minimum absolute atomic E-state index is 0.124. The van der Waals surface area contributed by atoms with Crippen LogP contribution < -0.4 is 0 Å². The second kappa shape index (κ2) is 7.46. The van der Waals surface area contributed by atoms with Gasteiger partial charge in [0.15, 0.2) is 0 Å². The second-order valence-electron chi connectivity index (χ2n) is 7.54. The predicted octanol–water partition coefficient (Wildman–Crippen LogP) is 3.50. The first kappa shape index (κ1) is 18.2. The zero-order valence-corrected chi connectivity index (χ0v) is 15.6. The number of likely N-dealkylation sites (tertiary alicyclic amines) is 1. The number of imidazole rings is 1. The van der Waals surface area contributed by atoms with Gasteiger partial charge in [0.25, 0.3) is 5.91 Å². The number of aromatic nitrogens is 2. The molecule has 1 unspecified atom stereocenters. The number of benzene rings is 2. The van der Waals surface area contributed by atoms with Gasteiger partial charge in [0.1, 0.15) is 0 Å². The van der Waals surface area contributed by atoms with E-state index in [0.717, 1.165) is 16.6 Å². The van der Waals surface area contributed by atoms with Gasteiger partial charge < -0.3 is 15.0 Å². The van der Waals surface area contributed by atoms with E-state index in [9.17, 15) is 14.7 Å². The van der Waals surface area contributed by atoms with Crippen LogP contribution >= 0.6 is 0 Å². The summed E-state index contributed by atoms with van der Waals surface area (Å²) in [5.74, 6) is -0.938. The number of carboxylic acids is 1. The number of aliphatic carboxylic acids is 1. The normalized spacial score (nSPS) is 19.6. The van der Waals surface area contributed by atoms with Crippen molar-refractivity contribution >= 4 is 22.9 Å². The Kier molecular flexibility index (Phi) is 4.86. The number of carboxylic acid groups (broad SMARTS) is 1. The molecule has 0 radical (unpaired) electrons. The van der Waals surface area contributed by atoms with E-state index < -0.39 is 11.4 Å². The van der Waals surface area contributed by atoms with Crippen LogP contribution in [-0.2, 0) is 11.2 Å². The van der Waals surface area contributed by atoms with E-state index in [1.165, 1.54) is 0 Å². The Morgan fingerprint density at radius 1 is 1.18 bits per heavy atom. The lowest BCUT2D eigenvalue weighted by Crippen LogP contribution is -2.50. The number of nitrogens with one attached hydrogen (secondary N) is 1. The van der Waals surface area contributed by atoms with Gasteiger partial charge in [-0.2, -0.15) is 0 Å². The third-order valence-electron chi connectivity index (χ3n) is 5.72. The van der Waals surface area contributed by atoms with Crippen LogP contribution in [0.3, 0.4) is 0 Å². The molecule has 6 nitrogen and oxygen atoms in total. The fourth-order valence-electron chi connectivity index (χ4n) is 4.07. The molecule has 6 heteroatoms. The summed E-state index contributed by atoms with van der Waals surface area (Å²) in [6.45, 7) is 0.829. The minimum atomic E-state index is -0.901. The Bertz CT molecular complexity index is 998. The standard InChI is InChI=1S/C22H23N3O3/c26-20(17-7-8-18-19(13-17)24-15-23-18)25-12-4-10-22(14-25,21(27)28)11-9-16-5-2-1-3-6-16/h1-3,5-8,13,15H,4,9-12,14H2,(H,23,24)(H,27,28). The summed E-state index contributed by atoms with van der Waals surface area (Å²) in [5.41, 5.74) is 2.38. The van der Waals surface area contributed by atoms with Gasteiger partial charge in [-0.05, 0) is 49.4 Å². The number of rotatable bonds is 5. The summed E-state index contributed by atoms with van der Waals surface area (Å²) >= 11 is 0. The van der Waals surface area contributed by atoms with Crippen molar-refractivity contribution < 1.29 is 14.7 Å². The van der Waals surface area contributed by atoms with Crippen LogP contribution in [0.2, 0.25) is 0 Å². The quantitative estimate of drug-likeness (QED) is 0.712. The van der Waals surface area contributed by atoms with E-state index in [1.807, 2.05) is 36.4 Å². The van der Waals surface area contributed by atoms with E-state index in [4.69, 9.17) is 0 Å². The van der Waals surface area contributed by atoms with E-state index in [0.29, 0.717) is 37.8 Å². The summed E-state index contributed by atoms with van der Waals surface area (Å²) in [4.78, 5) is 34.1. The van der Waals surface area contributed by atoms with Crippen molar-refractivity contribution in [2.75, 3.05) is 13.1 Å². The summed E-state index contributed by atoms with van der Waals surface area (Å²) < 4.78 is 0. The molecule has 1 amide bonds. The molecule has 2 heterocycles. The smallest absolute Gasteiger partial charge is 0.311 e. The fraction of sp³-hybridized carbons (Fsp3) is 0.318. The largest absolute Gasteiger partial charge is 0.481 e. The maximum atomic E-state index is 13.0. The molecule has 0 aliphatic carbocycles. The van der Waals surface area contributed by atoms with Crippen molar-refractivity contribution in [3.05, 3.63) is 66.0 Å². The average molecular weight is 377 g/mol. The predicted molar refractivity (Wildman–Crippen MR) is 106 cm³/mol. The average Bonchev–Trinajstić information content (AvgIpc) is 3.20. The van der Waals surface area contributed by atoms with Crippen LogP contribution in [0.15, 0.2) is 54.9 Å². The first-order valence-electron chi connectivity index (χ1n) is 9.57. The zero-order chi connectivity index (χ0) is 19.6. The number of hydrogen-bond donors (Lipinski definition) is 2. The molecule has 1 aliphatic heterocycles. The number of carbonyl (C=O) groups is 2. The van der Waals surface area contributed by atoms with Crippen molar-refractivity contribution in [2.24, 2.45) is 5.41 Å². The number of aromatic amines is 1. The topological polar surface area (TPSA) is 86.3 Å². The Hall–Kier alpha value is -3.15. The maximum Gasteiger partial charge on any atom is 0.311 e. The molecule has 1 atom stereocenters. The van der Waals surface area contributed by atoms with Crippen molar-refractivity contribution in [3.63, 3.8) is 0 Å². The van der Waals surface area contributed by atoms with Crippen LogP contribution in [0, 0.1) is 5.41 Å². The highest BCUT2D eigenvalue weighted by Crippen LogP contribution is 2.36. The lowest BCUT2D eigenvalue weighted by atomic mass is 9.75. The number of aryl methyl sites for hydroxylation is 1. The first-order chi connectivity index (χ1) is 13.6. The minimum Gasteiger partial charge on any atom is -0.481 e. The number of piperidine rings is 1. The summed E-state index contributed by atoms with van der Waals surface area (Å²) in [7, 11) is 0. The van der Waals surface area contributed by atoms with Gasteiger partial charge in [-0.15, -0.1) is 0 Å². The van der Waals surface area contributed by atoms with Gasteiger partial charge in [-0.1, -0.05) is 30.3 Å². The molecule has 1 fully saturated rings. The zero-order valence-electron chi connectivity index (χ0n) is 15.6. The number of H-pyrrole nitrogens is 1. The number of amides is 1. The fourth-order valence-corrected chi connectivity index (χ4v) is 4.07. The molecule has 1 aliphatic rings. The number of hydrogen-bond acceptors (Lipinski definition) is 3. The van der Waals surface area contributed by atoms with Crippen LogP contribution in [0.4, 0.5) is 0 Å². The SMILES string of the molecule is O=C(c1ccc2nc[nH]c2c1)N1CCCC(CCc2ccccc2)(C(=O)O)C1. The van der Waals surface area contributed by atoms with Crippen molar-refractivity contribution in [3.8, 4) is 0 Å². The lowest BCUT2D eigenvalue weighted by Gasteiger charge is -2.40. The van der Waals surface area contributed by atoms with Crippen LogP contribution in [0.25, 0.3) is 11.0 Å². The van der Waals surface area contributed by atoms with E-state index in [-0.39, 0.29) is 12.5 Å². The summed E-state index contributed by atoms with van der Waals surface area (Å²) in [6, 6.07) is 15.3. The Morgan fingerprint density at radius 2 is 2.00 bits per heavy atom. The molecular formula is C22H23N3O3. The van der Waals surface area contributed by atoms with Crippen LogP contribution in [-0.4, -0.2) is 44.9 Å². The Labute approximate surface area is 163 Å². The molecule has 144 valence electrons. The van der Waals surface area contributed by atoms with Gasteiger partial charge in [0, 0.05) is 18.7 Å². The monoisotopic (exact) mass is 377 g/mol. The number of nitrogens with zero attached hydrogens (tertiary/aromatic N) is 2. The molecule has 2 aromatic carbocycles. The Morgan fingerprint density at radius 3 is 2.79 bits per heavy atom. The highest BCUT2D eigenvalue weighted by Gasteiger charge is 2.43. The van der Waals surface area contributed by atoms with Crippen molar-refractivity contribution in [1.82, 2.24) is 14.9 Å². The van der Waals surface area contributed by atoms with E-state index in [1.54, 1.807) is 23.4 Å². The van der Waals surface area contributed by atoms with Crippen molar-refractivity contribution in [1.29, 1.82) is 0 Å². The first-order valence-corrected chi connectivity index (χ1v) is 9.57. The van der Waals surface area contributed by atoms with Gasteiger partial charge in [0.2, 0.25) is 0 Å². The van der Waals surface area contributed by atoms with E-state index >= 15 is 0 Å². The molecule has 28 heavy (non-hydrogen) atoms. The highest BCUT2D eigenvalue weighted by molar-refractivity contribution is 5.97. The summed E-state index contributed by atoms with van der Waals surface area (Å²) in [5, 5.41) is 10.00. The second-order valence-corrected chi connectivity index (χ2v) is 7.54. The molecule has 1 saturated heterocycles. The number of fused-ring (bicyclic) bond motifs is 1. The molecular weight excluding hydrogens is 354 g/mol. The molecule has 0 saturated carbocycles. The van der Waals surface area contributed by atoms with Gasteiger partial charge in [-0.25, -0.2) is 4.98 Å². The lowest BCUT2D eigenvalue weighted by molar-refractivity contribution is -0.152. The van der Waals surface area contributed by atoms with Crippen LogP contribution in [0.1, 0.15) is 35.2 Å². The molecule has 0 spiro atoms. The highest BCUT2D eigenvalue weighted by atomic mass is 16.4. The summed E-state index contributed by atoms with van der Waals surface area (Å²) in [6.07, 6.45) is 4.10. The maximum absolute atomic E-state index is 13.0. The van der Waals surface area contributed by atoms with Gasteiger partial charge in [-0.3, -0.25) is 9.59 Å². The third kappa shape index (κ3) is 3.50. The molecule has 3 aromatic rings. The Balaban J connectivity index is 1.53. The number of carbonyl (C=O) groups excluding carboxylic acids is 1. The molecule has 4 rings (SSSR count).